The number of nitrogens with two attached hydrogens (primary N) is 1. The van der Waals surface area contributed by atoms with Gasteiger partial charge in [0.1, 0.15) is 0 Å². The first-order valence-corrected chi connectivity index (χ1v) is 35.1. The Hall–Kier alpha value is -5.06. The number of ketones is 2. The standard InChI is InChI=1S/C23H29N3O2.C21H24O2.C16H19BrO2.C5H11NSi.C5H6/c1-3-27-19-10-12-22(13-11-19)15-18-9-8-17(7-6-16-4-5-16)14-20(18)23(22)25-21(24)26(2)28-23;1-2-23-18-9-11-21(12-10-18)14-17-8-7-16(6-5-15-3-4-15)13-19(17)20(21)22;1-2-19-13-5-7-16(8-6-13)10-11-3-4-12(17)9-14(11)15(16)18;1-5-6-7(2,3)4;1-2-5-3-4-5/h8-9,14,16,19H,3-5,10-13,15H2,1-2H3,(H2,24,25);7-8,13,15,18H,2-4,9-12,14H2,1H3;3-4,9,13H,2,5-8,10H2,1H3;1H2,2-4H3;1,5H,3-4H2. The van der Waals surface area contributed by atoms with Crippen LogP contribution in [0.5, 0.6) is 0 Å². The summed E-state index contributed by atoms with van der Waals surface area (Å²) < 4.78 is 22.4. The van der Waals surface area contributed by atoms with Crippen molar-refractivity contribution in [3.8, 4) is 36.0 Å². The first-order chi connectivity index (χ1) is 39.4. The first kappa shape index (κ1) is 61.5. The Kier molecular flexibility index (Phi) is 19.8. The van der Waals surface area contributed by atoms with Crippen molar-refractivity contribution in [1.29, 1.82) is 0 Å². The van der Waals surface area contributed by atoms with Crippen LogP contribution in [0.25, 0.3) is 0 Å². The van der Waals surface area contributed by atoms with Crippen molar-refractivity contribution in [2.75, 3.05) is 26.9 Å². The van der Waals surface area contributed by atoms with Crippen LogP contribution in [0.4, 0.5) is 0 Å². The average Bonchev–Trinajstić information content (AvgIpc) is 1.96. The van der Waals surface area contributed by atoms with E-state index in [1.54, 1.807) is 5.06 Å². The third-order valence-corrected chi connectivity index (χ3v) is 19.7. The van der Waals surface area contributed by atoms with Gasteiger partial charge in [-0.2, -0.15) is 0 Å². The smallest absolute Gasteiger partial charge is 0.220 e. The third-order valence-electron chi connectivity index (χ3n) is 18.4. The zero-order valence-electron chi connectivity index (χ0n) is 50.2. The van der Waals surface area contributed by atoms with Gasteiger partial charge in [0.2, 0.25) is 11.7 Å². The minimum Gasteiger partial charge on any atom is -0.379 e. The zero-order valence-corrected chi connectivity index (χ0v) is 52.7. The summed E-state index contributed by atoms with van der Waals surface area (Å²) in [6, 6.07) is 19.0. The number of carbonyl (C=O) groups excluding carboxylic acids is 2. The lowest BCUT2D eigenvalue weighted by Gasteiger charge is -2.45. The minimum atomic E-state index is -1.21. The highest BCUT2D eigenvalue weighted by Gasteiger charge is 2.63. The molecular formula is C70H89BrN4O6Si. The number of rotatable bonds is 7. The number of carbonyl (C=O) groups is 2. The second kappa shape index (κ2) is 26.5. The molecule has 0 amide bonds. The van der Waals surface area contributed by atoms with Gasteiger partial charge in [0.15, 0.2) is 19.8 Å². The SMILES string of the molecule is C#CC1CC1.C=C=N[Si](C)(C)C.CCOC1CCC2(CC1)Cc1ccc(Br)cc1C2=O.CCOC1CCC2(CC1)Cc1ccc(C#CC3CC3)cc1C21N=C(N)N(C)O1.CCOC1CCC2(CC1)Cc1ccc(C#CC3CC3)cc1C2=O. The van der Waals surface area contributed by atoms with E-state index in [1.807, 2.05) is 39.1 Å². The number of halogens is 1. The molecule has 2 N–H and O–H groups in total. The summed E-state index contributed by atoms with van der Waals surface area (Å²) in [6.07, 6.45) is 28.4. The fourth-order valence-corrected chi connectivity index (χ4v) is 14.2. The number of Topliss-reactive ketones (excluding diaryl/α,β-unsaturated/α-hetero) is 2. The van der Waals surface area contributed by atoms with Gasteiger partial charge >= 0.3 is 0 Å². The van der Waals surface area contributed by atoms with Crippen molar-refractivity contribution in [2.24, 2.45) is 49.4 Å². The molecule has 436 valence electrons. The Morgan fingerprint density at radius 2 is 1.12 bits per heavy atom. The van der Waals surface area contributed by atoms with Crippen LogP contribution in [0, 0.1) is 70.0 Å². The second-order valence-electron chi connectivity index (χ2n) is 25.7. The van der Waals surface area contributed by atoms with Crippen molar-refractivity contribution < 1.29 is 28.6 Å². The van der Waals surface area contributed by atoms with Gasteiger partial charge in [0, 0.05) is 93.2 Å². The van der Waals surface area contributed by atoms with Gasteiger partial charge in [-0.05, 0) is 241 Å². The molecule has 1 heterocycles. The number of benzene rings is 3. The van der Waals surface area contributed by atoms with Gasteiger partial charge in [-0.3, -0.25) is 14.2 Å². The van der Waals surface area contributed by atoms with Crippen LogP contribution in [0.3, 0.4) is 0 Å². The van der Waals surface area contributed by atoms with Gasteiger partial charge in [0.25, 0.3) is 0 Å². The lowest BCUT2D eigenvalue weighted by molar-refractivity contribution is -0.232. The molecule has 4 spiro atoms. The summed E-state index contributed by atoms with van der Waals surface area (Å²) in [6.45, 7) is 18.3. The van der Waals surface area contributed by atoms with Gasteiger partial charge in [0.05, 0.1) is 18.3 Å². The van der Waals surface area contributed by atoms with Crippen molar-refractivity contribution in [2.45, 2.75) is 199 Å². The number of nitrogens with zero attached hydrogens (tertiary/aromatic N) is 3. The number of hydroxylamine groups is 2. The highest BCUT2D eigenvalue weighted by Crippen LogP contribution is 2.62. The number of ether oxygens (including phenoxy) is 3. The van der Waals surface area contributed by atoms with Gasteiger partial charge in [-0.25, -0.2) is 14.9 Å². The number of fused-ring (bicyclic) bond motifs is 5. The molecule has 12 heteroatoms. The second-order valence-corrected chi connectivity index (χ2v) is 31.2. The molecule has 13 rings (SSSR count). The van der Waals surface area contributed by atoms with Gasteiger partial charge in [-0.1, -0.05) is 57.8 Å². The molecule has 6 saturated carbocycles. The molecule has 1 unspecified atom stereocenters. The van der Waals surface area contributed by atoms with Gasteiger partial charge < -0.3 is 19.9 Å². The van der Waals surface area contributed by atoms with Crippen LogP contribution in [0.1, 0.15) is 190 Å². The highest BCUT2D eigenvalue weighted by molar-refractivity contribution is 9.10. The first-order valence-electron chi connectivity index (χ1n) is 30.9. The van der Waals surface area contributed by atoms with Crippen molar-refractivity contribution in [3.05, 3.63) is 110 Å². The average molecular weight is 1190 g/mol. The molecular weight excluding hydrogens is 1100 g/mol. The lowest BCUT2D eigenvalue weighted by Crippen LogP contribution is -2.46. The van der Waals surface area contributed by atoms with Crippen LogP contribution >= 0.6 is 15.9 Å². The van der Waals surface area contributed by atoms with E-state index in [0.29, 0.717) is 53.6 Å². The van der Waals surface area contributed by atoms with E-state index in [1.165, 1.54) is 55.2 Å². The lowest BCUT2D eigenvalue weighted by atomic mass is 9.66. The van der Waals surface area contributed by atoms with Crippen LogP contribution < -0.4 is 5.73 Å². The number of aliphatic imine (C=N–C) groups is 1. The number of hydrogen-bond acceptors (Lipinski definition) is 10. The van der Waals surface area contributed by atoms with Crippen LogP contribution in [-0.4, -0.2) is 81.9 Å². The molecule has 82 heavy (non-hydrogen) atoms. The van der Waals surface area contributed by atoms with Crippen molar-refractivity contribution in [1.82, 2.24) is 5.06 Å². The van der Waals surface area contributed by atoms with E-state index < -0.39 is 14.0 Å². The monoisotopic (exact) mass is 1190 g/mol. The van der Waals surface area contributed by atoms with Gasteiger partial charge in [-0.15, -0.1) is 12.3 Å². The maximum atomic E-state index is 13.1. The topological polar surface area (TPSA) is 125 Å². The zero-order chi connectivity index (χ0) is 58.3. The molecule has 0 bridgehead atoms. The van der Waals surface area contributed by atoms with Crippen LogP contribution in [0.15, 0.2) is 75.3 Å². The summed E-state index contributed by atoms with van der Waals surface area (Å²) in [5.74, 6) is 21.5. The van der Waals surface area contributed by atoms with Crippen LogP contribution in [-0.2, 0) is 44.0 Å². The minimum absolute atomic E-state index is 0.0686. The normalized spacial score (nSPS) is 28.8. The summed E-state index contributed by atoms with van der Waals surface area (Å²) in [5.41, 5.74) is 14.0. The van der Waals surface area contributed by atoms with Crippen molar-refractivity contribution >= 4 is 47.6 Å². The molecule has 0 radical (unpaired) electrons. The predicted molar refractivity (Wildman–Crippen MR) is 335 cm³/mol. The van der Waals surface area contributed by atoms with Crippen LogP contribution in [0.2, 0.25) is 19.6 Å². The molecule has 10 aliphatic rings. The Morgan fingerprint density at radius 3 is 1.52 bits per heavy atom. The molecule has 0 saturated heterocycles. The predicted octanol–water partition coefficient (Wildman–Crippen LogP) is 14.3. The largest absolute Gasteiger partial charge is 0.379 e. The number of guanidine groups is 1. The van der Waals surface area contributed by atoms with E-state index in [4.69, 9.17) is 36.2 Å². The summed E-state index contributed by atoms with van der Waals surface area (Å²) >= 11 is 3.46. The maximum absolute atomic E-state index is 13.1. The van der Waals surface area contributed by atoms with E-state index >= 15 is 0 Å². The molecule has 3 aromatic rings. The third kappa shape index (κ3) is 14.5. The van der Waals surface area contributed by atoms with Crippen molar-refractivity contribution in [3.63, 3.8) is 0 Å². The summed E-state index contributed by atoms with van der Waals surface area (Å²) in [7, 11) is 0.643. The fraction of sp³-hybridized carbons (Fsp3) is 0.586. The number of hydrogen-bond donors (Lipinski definition) is 1. The summed E-state index contributed by atoms with van der Waals surface area (Å²) in [5, 5.41) is 1.63. The highest BCUT2D eigenvalue weighted by atomic mass is 79.9. The molecule has 1 atom stereocenters. The fourth-order valence-electron chi connectivity index (χ4n) is 13.4. The van der Waals surface area contributed by atoms with E-state index in [9.17, 15) is 9.59 Å². The summed E-state index contributed by atoms with van der Waals surface area (Å²) in [4.78, 5) is 37.2. The molecule has 10 nitrogen and oxygen atoms in total. The number of terminal acetylenes is 1. The molecule has 0 aromatic heterocycles. The van der Waals surface area contributed by atoms with E-state index in [0.717, 1.165) is 148 Å². The Labute approximate surface area is 500 Å². The Balaban J connectivity index is 0.000000136. The van der Waals surface area contributed by atoms with E-state index in [2.05, 4.69) is 126 Å². The van der Waals surface area contributed by atoms with E-state index in [-0.39, 0.29) is 16.2 Å². The maximum Gasteiger partial charge on any atom is 0.220 e. The molecule has 1 aliphatic heterocycles. The quantitative estimate of drug-likeness (QED) is 0.141. The molecule has 3 aromatic carbocycles. The Bertz CT molecular complexity index is 3050. The molecule has 6 fully saturated rings. The Morgan fingerprint density at radius 1 is 0.671 bits per heavy atom. The molecule has 9 aliphatic carbocycles.